The average molecular weight is 480 g/mol. The highest BCUT2D eigenvalue weighted by Crippen LogP contribution is 2.31. The Balaban J connectivity index is 1.83. The number of carbonyl (C=O) groups excluding carboxylic acids is 1. The number of nitrogens with two attached hydrogens (primary N) is 1. The van der Waals surface area contributed by atoms with Crippen molar-refractivity contribution < 1.29 is 9.21 Å². The molecule has 4 rings (SSSR count). The van der Waals surface area contributed by atoms with Gasteiger partial charge in [0.25, 0.3) is 11.5 Å². The fraction of sp³-hybridized carbons (Fsp3) is 0.250. The first kappa shape index (κ1) is 23.2. The number of H-pyrrole nitrogens is 1. The van der Waals surface area contributed by atoms with Crippen LogP contribution in [0.3, 0.4) is 0 Å². The summed E-state index contributed by atoms with van der Waals surface area (Å²) in [5.74, 6) is -0.0528. The van der Waals surface area contributed by atoms with E-state index in [-0.39, 0.29) is 18.1 Å². The molecule has 1 amide bonds. The molecule has 0 saturated carbocycles. The predicted octanol–water partition coefficient (Wildman–Crippen LogP) is 3.79. The van der Waals surface area contributed by atoms with Gasteiger partial charge in [0.05, 0.1) is 18.5 Å². The van der Waals surface area contributed by atoms with Crippen LogP contribution in [0, 0.1) is 6.92 Å². The number of rotatable bonds is 8. The average Bonchev–Trinajstić information content (AvgIpc) is 3.48. The lowest BCUT2D eigenvalue weighted by Crippen LogP contribution is -2.40. The number of aromatic nitrogens is 3. The van der Waals surface area contributed by atoms with E-state index < -0.39 is 17.2 Å². The molecule has 3 N–H and O–H groups in total. The van der Waals surface area contributed by atoms with Crippen molar-refractivity contribution in [3.8, 4) is 10.6 Å². The zero-order chi connectivity index (χ0) is 24.2. The third-order valence-electron chi connectivity index (χ3n) is 5.37. The Morgan fingerprint density at radius 3 is 2.65 bits per heavy atom. The highest BCUT2D eigenvalue weighted by Gasteiger charge is 2.29. The van der Waals surface area contributed by atoms with E-state index in [1.54, 1.807) is 19.1 Å². The second-order valence-electron chi connectivity index (χ2n) is 7.77. The number of nitrogens with one attached hydrogen (secondary N) is 1. The number of furan rings is 1. The third-order valence-corrected chi connectivity index (χ3v) is 6.56. The summed E-state index contributed by atoms with van der Waals surface area (Å²) in [5, 5.41) is 0.689. The monoisotopic (exact) mass is 479 g/mol. The molecule has 0 unspecified atom stereocenters. The molecule has 0 bridgehead atoms. The molecule has 0 atom stereocenters. The Hall–Kier alpha value is -3.92. The summed E-state index contributed by atoms with van der Waals surface area (Å²) in [6, 6.07) is 12.9. The predicted molar refractivity (Wildman–Crippen MR) is 132 cm³/mol. The number of aromatic amines is 1. The second kappa shape index (κ2) is 9.92. The summed E-state index contributed by atoms with van der Waals surface area (Å²) in [5.41, 5.74) is 6.30. The van der Waals surface area contributed by atoms with Crippen LogP contribution < -0.4 is 21.9 Å². The number of amides is 1. The maximum Gasteiger partial charge on any atom is 0.330 e. The lowest BCUT2D eigenvalue weighted by atomic mass is 10.2. The first-order chi connectivity index (χ1) is 16.4. The third kappa shape index (κ3) is 4.58. The molecule has 0 saturated heterocycles. The molecule has 0 spiro atoms. The topological polar surface area (TPSA) is 127 Å². The van der Waals surface area contributed by atoms with E-state index in [2.05, 4.69) is 9.97 Å². The van der Waals surface area contributed by atoms with Crippen LogP contribution in [0.1, 0.15) is 40.9 Å². The van der Waals surface area contributed by atoms with Crippen LogP contribution in [0.15, 0.2) is 62.7 Å². The minimum absolute atomic E-state index is 0.0386. The maximum absolute atomic E-state index is 13.8. The number of hydrogen-bond acceptors (Lipinski definition) is 7. The normalized spacial score (nSPS) is 11.0. The van der Waals surface area contributed by atoms with Gasteiger partial charge in [0.1, 0.15) is 21.5 Å². The number of aryl methyl sites for hydroxylation is 1. The van der Waals surface area contributed by atoms with Crippen molar-refractivity contribution in [1.29, 1.82) is 0 Å². The van der Waals surface area contributed by atoms with Gasteiger partial charge in [-0.2, -0.15) is 0 Å². The number of nitrogens with zero attached hydrogens (tertiary/aromatic N) is 3. The van der Waals surface area contributed by atoms with Crippen molar-refractivity contribution in [3.05, 3.63) is 85.9 Å². The molecule has 1 aromatic carbocycles. The zero-order valence-corrected chi connectivity index (χ0v) is 19.7. The van der Waals surface area contributed by atoms with Crippen molar-refractivity contribution in [2.24, 2.45) is 0 Å². The Morgan fingerprint density at radius 2 is 1.97 bits per heavy atom. The summed E-state index contributed by atoms with van der Waals surface area (Å²) in [7, 11) is 0. The highest BCUT2D eigenvalue weighted by atomic mass is 32.1. The van der Waals surface area contributed by atoms with Gasteiger partial charge >= 0.3 is 5.69 Å². The van der Waals surface area contributed by atoms with Gasteiger partial charge < -0.3 is 10.2 Å². The minimum atomic E-state index is -0.736. The molecule has 0 fully saturated rings. The van der Waals surface area contributed by atoms with Crippen LogP contribution in [0.2, 0.25) is 0 Å². The summed E-state index contributed by atoms with van der Waals surface area (Å²) in [6.45, 7) is 4.02. The summed E-state index contributed by atoms with van der Waals surface area (Å²) in [4.78, 5) is 47.6. The Morgan fingerprint density at radius 1 is 1.21 bits per heavy atom. The van der Waals surface area contributed by atoms with Gasteiger partial charge in [0.15, 0.2) is 5.69 Å². The van der Waals surface area contributed by atoms with Gasteiger partial charge in [0, 0.05) is 12.1 Å². The summed E-state index contributed by atoms with van der Waals surface area (Å²) in [6.07, 6.45) is 3.01. The lowest BCUT2D eigenvalue weighted by Gasteiger charge is -2.23. The quantitative estimate of drug-likeness (QED) is 0.396. The molecule has 3 aromatic heterocycles. The molecular weight excluding hydrogens is 454 g/mol. The largest absolute Gasteiger partial charge is 0.467 e. The molecular formula is C24H25N5O4S. The number of unbranched alkanes of at least 4 members (excludes halogenated alkanes) is 1. The van der Waals surface area contributed by atoms with Gasteiger partial charge in [-0.25, -0.2) is 9.78 Å². The second-order valence-corrected chi connectivity index (χ2v) is 8.77. The van der Waals surface area contributed by atoms with Gasteiger partial charge in [-0.1, -0.05) is 43.7 Å². The van der Waals surface area contributed by atoms with E-state index in [4.69, 9.17) is 10.2 Å². The van der Waals surface area contributed by atoms with E-state index >= 15 is 0 Å². The van der Waals surface area contributed by atoms with Crippen LogP contribution in [-0.4, -0.2) is 20.4 Å². The first-order valence-corrected chi connectivity index (χ1v) is 11.7. The van der Waals surface area contributed by atoms with Crippen LogP contribution in [0.25, 0.3) is 10.6 Å². The number of nitrogen functional groups attached to an aromatic ring is 1. The molecule has 34 heavy (non-hydrogen) atoms. The van der Waals surface area contributed by atoms with E-state index in [0.717, 1.165) is 12.0 Å². The Labute approximate surface area is 199 Å². The van der Waals surface area contributed by atoms with Crippen molar-refractivity contribution in [2.45, 2.75) is 39.8 Å². The number of anilines is 2. The molecule has 0 aliphatic heterocycles. The van der Waals surface area contributed by atoms with Gasteiger partial charge in [-0.15, -0.1) is 11.3 Å². The van der Waals surface area contributed by atoms with E-state index in [1.165, 1.54) is 27.1 Å². The van der Waals surface area contributed by atoms with Gasteiger partial charge in [0.2, 0.25) is 0 Å². The van der Waals surface area contributed by atoms with Crippen LogP contribution in [0.5, 0.6) is 0 Å². The van der Waals surface area contributed by atoms with E-state index in [9.17, 15) is 14.4 Å². The molecule has 0 radical (unpaired) electrons. The smallest absolute Gasteiger partial charge is 0.330 e. The Bertz CT molecular complexity index is 1400. The molecule has 176 valence electrons. The number of thiazole rings is 1. The fourth-order valence-corrected chi connectivity index (χ4v) is 4.63. The standard InChI is InChI=1S/C24H25N5O4S/c1-3-4-12-28-20(25)18(21(30)27-24(28)32)29(14-17-11-8-13-33-17)23(31)19-15(2)26-22(34-19)16-9-6-5-7-10-16/h5-11,13H,3-4,12,14,25H2,1-2H3,(H,27,30,32). The van der Waals surface area contributed by atoms with Crippen molar-refractivity contribution in [1.82, 2.24) is 14.5 Å². The molecule has 4 aromatic rings. The maximum atomic E-state index is 13.8. The number of carbonyl (C=O) groups is 1. The van der Waals surface area contributed by atoms with Crippen LogP contribution in [0.4, 0.5) is 11.5 Å². The van der Waals surface area contributed by atoms with Crippen molar-refractivity contribution in [2.75, 3.05) is 10.6 Å². The van der Waals surface area contributed by atoms with E-state index in [0.29, 0.717) is 34.3 Å². The van der Waals surface area contributed by atoms with Gasteiger partial charge in [-0.05, 0) is 25.5 Å². The fourth-order valence-electron chi connectivity index (χ4n) is 3.61. The molecule has 3 heterocycles. The molecule has 10 heteroatoms. The lowest BCUT2D eigenvalue weighted by molar-refractivity contribution is 0.0986. The minimum Gasteiger partial charge on any atom is -0.467 e. The highest BCUT2D eigenvalue weighted by molar-refractivity contribution is 7.17. The summed E-state index contributed by atoms with van der Waals surface area (Å²) >= 11 is 1.23. The molecule has 0 aliphatic carbocycles. The number of hydrogen-bond donors (Lipinski definition) is 2. The molecule has 0 aliphatic rings. The van der Waals surface area contributed by atoms with Crippen molar-refractivity contribution in [3.63, 3.8) is 0 Å². The van der Waals surface area contributed by atoms with Gasteiger partial charge in [-0.3, -0.25) is 24.0 Å². The SMILES string of the molecule is CCCCn1c(N)c(N(Cc2ccco2)C(=O)c2sc(-c3ccccc3)nc2C)c(=O)[nH]c1=O. The molecule has 9 nitrogen and oxygen atoms in total. The first-order valence-electron chi connectivity index (χ1n) is 10.9. The van der Waals surface area contributed by atoms with Crippen LogP contribution >= 0.6 is 11.3 Å². The number of benzene rings is 1. The van der Waals surface area contributed by atoms with Crippen LogP contribution in [-0.2, 0) is 13.1 Å². The Kier molecular flexibility index (Phi) is 6.78. The summed E-state index contributed by atoms with van der Waals surface area (Å²) < 4.78 is 6.74. The van der Waals surface area contributed by atoms with Crippen molar-refractivity contribution >= 4 is 28.7 Å². The van der Waals surface area contributed by atoms with E-state index in [1.807, 2.05) is 37.3 Å². The zero-order valence-electron chi connectivity index (χ0n) is 18.9.